The van der Waals surface area contributed by atoms with Crippen molar-refractivity contribution < 1.29 is 23.1 Å². The maximum absolute atomic E-state index is 15.6. The minimum Gasteiger partial charge on any atom is -0.393 e. The van der Waals surface area contributed by atoms with Gasteiger partial charge in [0, 0.05) is 29.2 Å². The van der Waals surface area contributed by atoms with Gasteiger partial charge in [-0.3, -0.25) is 10.1 Å². The van der Waals surface area contributed by atoms with Gasteiger partial charge in [0.2, 0.25) is 6.54 Å². The number of hydrogen-bond donors (Lipinski definition) is 1. The first-order valence-electron chi connectivity index (χ1n) is 9.71. The fraction of sp³-hybridized carbons (Fsp3) is 0.286. The smallest absolute Gasteiger partial charge is 0.393 e. The third-order valence-electron chi connectivity index (χ3n) is 5.84. The molecule has 0 radical (unpaired) electrons. The van der Waals surface area contributed by atoms with Gasteiger partial charge in [-0.2, -0.15) is 0 Å². The zero-order valence-electron chi connectivity index (χ0n) is 17.2. The van der Waals surface area contributed by atoms with E-state index < -0.39 is 24.5 Å². The third-order valence-corrected chi connectivity index (χ3v) is 5.84. The highest BCUT2D eigenvalue weighted by Crippen LogP contribution is 2.44. The Labute approximate surface area is 172 Å². The standard InChI is InChI=1S/C21H22BF2N3O3/c1-12-9-14(3)26-20(12)19(21-13(2)10-15(4)27(21)22(26,23)24)17-7-5-16(6-8-17)18(28)11-25(29)30/h5-10,18,28H,11H2,1-4H3/t18-/m1/s1. The Kier molecular flexibility index (Phi) is 4.54. The molecular formula is C21H22BF2N3O3. The summed E-state index contributed by atoms with van der Waals surface area (Å²) >= 11 is 0. The molecule has 0 spiro atoms. The molecule has 6 nitrogen and oxygen atoms in total. The van der Waals surface area contributed by atoms with E-state index in [0.717, 1.165) is 20.1 Å². The van der Waals surface area contributed by atoms with Crippen LogP contribution in [0.3, 0.4) is 0 Å². The van der Waals surface area contributed by atoms with Gasteiger partial charge < -0.3 is 22.7 Å². The van der Waals surface area contributed by atoms with Crippen molar-refractivity contribution in [2.75, 3.05) is 6.54 Å². The largest absolute Gasteiger partial charge is 0.737 e. The molecule has 0 amide bonds. The van der Waals surface area contributed by atoms with E-state index in [0.29, 0.717) is 39.5 Å². The number of nitrogens with zero attached hydrogens (tertiary/aromatic N) is 3. The van der Waals surface area contributed by atoms with Gasteiger partial charge in [0.1, 0.15) is 11.8 Å². The summed E-state index contributed by atoms with van der Waals surface area (Å²) < 4.78 is 33.4. The van der Waals surface area contributed by atoms with Gasteiger partial charge in [-0.25, -0.2) is 0 Å². The molecular weight excluding hydrogens is 391 g/mol. The van der Waals surface area contributed by atoms with Crippen LogP contribution < -0.4 is 0 Å². The Morgan fingerprint density at radius 2 is 1.83 bits per heavy atom. The molecule has 1 aromatic carbocycles. The second-order valence-electron chi connectivity index (χ2n) is 7.99. The molecule has 0 saturated carbocycles. The van der Waals surface area contributed by atoms with Crippen LogP contribution in [0.25, 0.3) is 5.57 Å². The second kappa shape index (κ2) is 6.73. The molecule has 0 fully saturated rings. The number of hydrogen-bond acceptors (Lipinski definition) is 3. The van der Waals surface area contributed by atoms with Gasteiger partial charge in [0.05, 0.1) is 5.57 Å². The minimum atomic E-state index is -4.04. The summed E-state index contributed by atoms with van der Waals surface area (Å²) in [5.74, 6) is 0. The Morgan fingerprint density at radius 1 is 1.20 bits per heavy atom. The molecule has 1 aromatic heterocycles. The molecule has 2 aromatic rings. The number of fused-ring (bicyclic) bond motifs is 2. The Hall–Kier alpha value is -3.07. The molecule has 9 heteroatoms. The predicted molar refractivity (Wildman–Crippen MR) is 111 cm³/mol. The Balaban J connectivity index is 1.95. The van der Waals surface area contributed by atoms with Crippen molar-refractivity contribution in [1.82, 2.24) is 4.48 Å². The number of nitro groups is 1. The van der Waals surface area contributed by atoms with Crippen LogP contribution in [0.4, 0.5) is 8.63 Å². The Morgan fingerprint density at radius 3 is 2.43 bits per heavy atom. The molecule has 0 aliphatic carbocycles. The quantitative estimate of drug-likeness (QED) is 0.470. The maximum atomic E-state index is 15.6. The first-order chi connectivity index (χ1) is 14.0. The number of benzene rings is 1. The molecule has 2 aliphatic rings. The summed E-state index contributed by atoms with van der Waals surface area (Å²) in [6.07, 6.45) is 0.538. The summed E-state index contributed by atoms with van der Waals surface area (Å²) in [6.45, 7) is 2.37. The van der Waals surface area contributed by atoms with Crippen molar-refractivity contribution in [3.63, 3.8) is 0 Å². The summed E-state index contributed by atoms with van der Waals surface area (Å²) in [4.78, 5) is 10.1. The van der Waals surface area contributed by atoms with E-state index in [9.17, 15) is 15.2 Å². The lowest BCUT2D eigenvalue weighted by Gasteiger charge is -2.34. The zero-order chi connectivity index (χ0) is 22.0. The number of aryl methyl sites for hydroxylation is 2. The number of halogens is 2. The van der Waals surface area contributed by atoms with E-state index in [1.54, 1.807) is 50.3 Å². The zero-order valence-corrected chi connectivity index (χ0v) is 17.2. The topological polar surface area (TPSA) is 71.3 Å². The highest BCUT2D eigenvalue weighted by Gasteiger charge is 2.55. The fourth-order valence-corrected chi connectivity index (χ4v) is 4.69. The monoisotopic (exact) mass is 413 g/mol. The van der Waals surface area contributed by atoms with E-state index in [4.69, 9.17) is 0 Å². The van der Waals surface area contributed by atoms with Crippen molar-refractivity contribution in [1.29, 1.82) is 0 Å². The molecule has 4 rings (SSSR count). The lowest BCUT2D eigenvalue weighted by molar-refractivity contribution is -0.491. The minimum absolute atomic E-state index is 0.410. The van der Waals surface area contributed by atoms with E-state index in [2.05, 4.69) is 0 Å². The number of aromatic nitrogens is 1. The van der Waals surface area contributed by atoms with Gasteiger partial charge in [0.15, 0.2) is 5.70 Å². The van der Waals surface area contributed by atoms with E-state index >= 15 is 8.63 Å². The van der Waals surface area contributed by atoms with Crippen molar-refractivity contribution >= 4 is 18.3 Å². The normalized spacial score (nSPS) is 18.3. The molecule has 2 aliphatic heterocycles. The molecule has 30 heavy (non-hydrogen) atoms. The second-order valence-corrected chi connectivity index (χ2v) is 7.99. The Bertz CT molecular complexity index is 1180. The van der Waals surface area contributed by atoms with Crippen molar-refractivity contribution in [3.05, 3.63) is 85.9 Å². The van der Waals surface area contributed by atoms with Crippen LogP contribution in [0.2, 0.25) is 0 Å². The first-order valence-corrected chi connectivity index (χ1v) is 9.71. The molecule has 3 heterocycles. The van der Waals surface area contributed by atoms with Crippen LogP contribution in [0.5, 0.6) is 0 Å². The van der Waals surface area contributed by atoms with Crippen LogP contribution in [-0.4, -0.2) is 38.2 Å². The third kappa shape index (κ3) is 2.84. The van der Waals surface area contributed by atoms with Crippen molar-refractivity contribution in [3.8, 4) is 0 Å². The summed E-state index contributed by atoms with van der Waals surface area (Å²) in [7, 11) is 0. The number of allylic oxidation sites excluding steroid dienone is 2. The van der Waals surface area contributed by atoms with Crippen molar-refractivity contribution in [2.45, 2.75) is 33.8 Å². The van der Waals surface area contributed by atoms with Crippen LogP contribution in [0.15, 0.2) is 47.7 Å². The average Bonchev–Trinajstić information content (AvgIpc) is 3.12. The summed E-state index contributed by atoms with van der Waals surface area (Å²) in [5.41, 5.74) is 5.25. The molecule has 1 N–H and O–H groups in total. The first kappa shape index (κ1) is 20.2. The molecule has 0 bridgehead atoms. The number of aliphatic hydroxyl groups excluding tert-OH is 1. The molecule has 0 unspecified atom stereocenters. The fourth-order valence-electron chi connectivity index (χ4n) is 4.69. The van der Waals surface area contributed by atoms with Gasteiger partial charge in [-0.1, -0.05) is 24.3 Å². The lowest BCUT2D eigenvalue weighted by atomic mass is 9.83. The molecule has 0 saturated heterocycles. The van der Waals surface area contributed by atoms with E-state index in [1.165, 1.54) is 0 Å². The SMILES string of the molecule is CC1=CC(C)=[N+]2C1=C(c1ccc([C@H](O)C[N+](=O)[O-])cc1)c1c(C)cc(C)n1[B-]2(F)F. The van der Waals surface area contributed by atoms with Gasteiger partial charge >= 0.3 is 6.97 Å². The molecule has 1 atom stereocenters. The van der Waals surface area contributed by atoms with Crippen molar-refractivity contribution in [2.24, 2.45) is 0 Å². The van der Waals surface area contributed by atoms with Gasteiger partial charge in [-0.05, 0) is 49.2 Å². The highest BCUT2D eigenvalue weighted by atomic mass is 19.2. The van der Waals surface area contributed by atoms with E-state index in [-0.39, 0.29) is 0 Å². The predicted octanol–water partition coefficient (Wildman–Crippen LogP) is 3.84. The average molecular weight is 413 g/mol. The van der Waals surface area contributed by atoms with Crippen LogP contribution in [0, 0.1) is 24.0 Å². The van der Waals surface area contributed by atoms with Crippen LogP contribution in [-0.2, 0) is 0 Å². The number of rotatable bonds is 4. The maximum Gasteiger partial charge on any atom is 0.737 e. The van der Waals surface area contributed by atoms with Crippen LogP contribution in [0.1, 0.15) is 48.0 Å². The van der Waals surface area contributed by atoms with Gasteiger partial charge in [0.25, 0.3) is 0 Å². The summed E-state index contributed by atoms with van der Waals surface area (Å²) in [6, 6.07) is 8.43. The summed E-state index contributed by atoms with van der Waals surface area (Å²) in [5, 5.41) is 20.7. The van der Waals surface area contributed by atoms with E-state index in [1.807, 2.05) is 13.8 Å². The molecule has 156 valence electrons. The van der Waals surface area contributed by atoms with Crippen LogP contribution >= 0.6 is 0 Å². The highest BCUT2D eigenvalue weighted by molar-refractivity contribution is 6.58. The lowest BCUT2D eigenvalue weighted by Crippen LogP contribution is -2.51. The van der Waals surface area contributed by atoms with Gasteiger partial charge in [-0.15, -0.1) is 0 Å². The number of aliphatic hydroxyl groups is 1.